The highest BCUT2D eigenvalue weighted by atomic mass is 16.2. The topological polar surface area (TPSA) is 84.2 Å². The molecule has 100 valence electrons. The van der Waals surface area contributed by atoms with Crippen LogP contribution in [0.1, 0.15) is 22.8 Å². The number of amides is 2. The van der Waals surface area contributed by atoms with Gasteiger partial charge in [0.05, 0.1) is 12.1 Å². The average Bonchev–Trinajstić information content (AvgIpc) is 2.44. The van der Waals surface area contributed by atoms with Gasteiger partial charge >= 0.3 is 0 Å². The van der Waals surface area contributed by atoms with E-state index in [2.05, 4.69) is 22.5 Å². The second-order valence-electron chi connectivity index (χ2n) is 3.86. The third kappa shape index (κ3) is 4.12. The van der Waals surface area contributed by atoms with Gasteiger partial charge in [0.25, 0.3) is 5.91 Å². The lowest BCUT2D eigenvalue weighted by Gasteiger charge is -2.13. The Morgan fingerprint density at radius 2 is 2.05 bits per heavy atom. The van der Waals surface area contributed by atoms with Gasteiger partial charge in [-0.25, -0.2) is 0 Å². The number of nitrogens with two attached hydrogens (primary N) is 1. The van der Waals surface area contributed by atoms with E-state index in [1.54, 1.807) is 31.2 Å². The molecule has 1 unspecified atom stereocenters. The molecular weight excluding hydrogens is 242 g/mol. The summed E-state index contributed by atoms with van der Waals surface area (Å²) in [6.45, 7) is 1.84. The molecule has 0 saturated heterocycles. The Bertz CT molecular complexity index is 529. The predicted molar refractivity (Wildman–Crippen MR) is 73.4 cm³/mol. The molecule has 4 N–H and O–H groups in total. The molecule has 0 aliphatic heterocycles. The molecule has 0 bridgehead atoms. The van der Waals surface area contributed by atoms with Crippen molar-refractivity contribution < 1.29 is 9.59 Å². The van der Waals surface area contributed by atoms with Crippen LogP contribution >= 0.6 is 0 Å². The summed E-state index contributed by atoms with van der Waals surface area (Å²) in [5.74, 6) is 4.95. The van der Waals surface area contributed by atoms with Crippen molar-refractivity contribution in [1.29, 1.82) is 0 Å². The molecule has 5 heteroatoms. The molecule has 0 saturated carbocycles. The monoisotopic (exact) mass is 259 g/mol. The van der Waals surface area contributed by atoms with Crippen LogP contribution in [0.4, 0.5) is 0 Å². The lowest BCUT2D eigenvalue weighted by molar-refractivity contribution is -0.122. The SMILES string of the molecule is CNC(=O)C(C)NC(=O)c1ccccc1C#CCN. The Labute approximate surface area is 112 Å². The minimum Gasteiger partial charge on any atom is -0.357 e. The van der Waals surface area contributed by atoms with Gasteiger partial charge in [0.2, 0.25) is 5.91 Å². The number of carbonyl (C=O) groups excluding carboxylic acids is 2. The number of nitrogens with one attached hydrogen (secondary N) is 2. The molecule has 0 aromatic heterocycles. The molecule has 0 aliphatic carbocycles. The molecule has 19 heavy (non-hydrogen) atoms. The number of hydrogen-bond acceptors (Lipinski definition) is 3. The lowest BCUT2D eigenvalue weighted by Crippen LogP contribution is -2.43. The fraction of sp³-hybridized carbons (Fsp3) is 0.286. The number of rotatable bonds is 3. The quantitative estimate of drug-likeness (QED) is 0.661. The summed E-state index contributed by atoms with van der Waals surface area (Å²) in [5.41, 5.74) is 6.34. The van der Waals surface area contributed by atoms with E-state index >= 15 is 0 Å². The zero-order valence-corrected chi connectivity index (χ0v) is 11.0. The first-order valence-corrected chi connectivity index (χ1v) is 5.90. The number of hydrogen-bond donors (Lipinski definition) is 3. The zero-order chi connectivity index (χ0) is 14.3. The Hall–Kier alpha value is -2.32. The molecule has 0 spiro atoms. The van der Waals surface area contributed by atoms with Gasteiger partial charge in [0.15, 0.2) is 0 Å². The van der Waals surface area contributed by atoms with Crippen LogP contribution < -0.4 is 16.4 Å². The van der Waals surface area contributed by atoms with E-state index in [1.807, 2.05) is 0 Å². The predicted octanol–water partition coefficient (Wildman–Crippen LogP) is -0.139. The van der Waals surface area contributed by atoms with E-state index < -0.39 is 6.04 Å². The van der Waals surface area contributed by atoms with Crippen molar-refractivity contribution in [3.05, 3.63) is 35.4 Å². The van der Waals surface area contributed by atoms with Crippen LogP contribution in [0.2, 0.25) is 0 Å². The second-order valence-corrected chi connectivity index (χ2v) is 3.86. The van der Waals surface area contributed by atoms with Gasteiger partial charge in [-0.05, 0) is 19.1 Å². The number of benzene rings is 1. The normalized spacial score (nSPS) is 10.9. The summed E-state index contributed by atoms with van der Waals surface area (Å²) < 4.78 is 0. The van der Waals surface area contributed by atoms with Crippen LogP contribution in [-0.4, -0.2) is 31.4 Å². The maximum Gasteiger partial charge on any atom is 0.253 e. The molecule has 1 aromatic rings. The Morgan fingerprint density at radius 1 is 1.37 bits per heavy atom. The van der Waals surface area contributed by atoms with Crippen LogP contribution in [0.3, 0.4) is 0 Å². The van der Waals surface area contributed by atoms with E-state index in [4.69, 9.17) is 5.73 Å². The van der Waals surface area contributed by atoms with E-state index in [0.717, 1.165) is 0 Å². The second kappa shape index (κ2) is 7.19. The van der Waals surface area contributed by atoms with Crippen molar-refractivity contribution >= 4 is 11.8 Å². The molecule has 0 aliphatic rings. The van der Waals surface area contributed by atoms with Gasteiger partial charge in [0.1, 0.15) is 6.04 Å². The van der Waals surface area contributed by atoms with E-state index in [-0.39, 0.29) is 18.4 Å². The van der Waals surface area contributed by atoms with Gasteiger partial charge < -0.3 is 16.4 Å². The highest BCUT2D eigenvalue weighted by molar-refractivity contribution is 5.99. The standard InChI is InChI=1S/C14H17N3O2/c1-10(13(18)16-2)17-14(19)12-8-4-3-6-11(12)7-5-9-15/h3-4,6,8,10H,9,15H2,1-2H3,(H,16,18)(H,17,19). The summed E-state index contributed by atoms with van der Waals surface area (Å²) in [5, 5.41) is 5.09. The van der Waals surface area contributed by atoms with Crippen LogP contribution in [0.5, 0.6) is 0 Å². The van der Waals surface area contributed by atoms with Gasteiger partial charge in [-0.15, -0.1) is 0 Å². The van der Waals surface area contributed by atoms with E-state index in [9.17, 15) is 9.59 Å². The maximum atomic E-state index is 12.1. The summed E-state index contributed by atoms with van der Waals surface area (Å²) in [7, 11) is 1.52. The Balaban J connectivity index is 2.91. The fourth-order valence-corrected chi connectivity index (χ4v) is 1.49. The first-order chi connectivity index (χ1) is 9.10. The first-order valence-electron chi connectivity index (χ1n) is 5.90. The van der Waals surface area contributed by atoms with Gasteiger partial charge in [0, 0.05) is 12.6 Å². The Kier molecular flexibility index (Phi) is 5.58. The highest BCUT2D eigenvalue weighted by Gasteiger charge is 2.16. The number of carbonyl (C=O) groups is 2. The van der Waals surface area contributed by atoms with Crippen molar-refractivity contribution in [3.8, 4) is 11.8 Å². The Morgan fingerprint density at radius 3 is 2.68 bits per heavy atom. The van der Waals surface area contributed by atoms with E-state index in [0.29, 0.717) is 11.1 Å². The average molecular weight is 259 g/mol. The molecule has 1 aromatic carbocycles. The summed E-state index contributed by atoms with van der Waals surface area (Å²) in [6.07, 6.45) is 0. The van der Waals surface area contributed by atoms with Crippen molar-refractivity contribution in [2.75, 3.05) is 13.6 Å². The smallest absolute Gasteiger partial charge is 0.253 e. The van der Waals surface area contributed by atoms with Gasteiger partial charge in [-0.2, -0.15) is 0 Å². The van der Waals surface area contributed by atoms with Gasteiger partial charge in [-0.3, -0.25) is 9.59 Å². The molecule has 2 amide bonds. The molecule has 0 heterocycles. The van der Waals surface area contributed by atoms with Crippen LogP contribution in [0, 0.1) is 11.8 Å². The lowest BCUT2D eigenvalue weighted by atomic mass is 10.1. The van der Waals surface area contributed by atoms with Crippen LogP contribution in [-0.2, 0) is 4.79 Å². The van der Waals surface area contributed by atoms with Crippen LogP contribution in [0.15, 0.2) is 24.3 Å². The highest BCUT2D eigenvalue weighted by Crippen LogP contribution is 2.07. The third-order valence-corrected chi connectivity index (χ3v) is 2.48. The first kappa shape index (κ1) is 14.7. The molecule has 1 rings (SSSR count). The molecule has 0 radical (unpaired) electrons. The summed E-state index contributed by atoms with van der Waals surface area (Å²) >= 11 is 0. The molecule has 5 nitrogen and oxygen atoms in total. The third-order valence-electron chi connectivity index (χ3n) is 2.48. The largest absolute Gasteiger partial charge is 0.357 e. The molecule has 0 fully saturated rings. The number of likely N-dealkylation sites (N-methyl/N-ethyl adjacent to an activating group) is 1. The minimum absolute atomic E-state index is 0.227. The summed E-state index contributed by atoms with van der Waals surface area (Å²) in [6, 6.07) is 6.33. The van der Waals surface area contributed by atoms with E-state index in [1.165, 1.54) is 7.05 Å². The van der Waals surface area contributed by atoms with Crippen molar-refractivity contribution in [3.63, 3.8) is 0 Å². The summed E-state index contributed by atoms with van der Waals surface area (Å²) in [4.78, 5) is 23.4. The zero-order valence-electron chi connectivity index (χ0n) is 11.0. The fourth-order valence-electron chi connectivity index (χ4n) is 1.49. The van der Waals surface area contributed by atoms with Crippen molar-refractivity contribution in [1.82, 2.24) is 10.6 Å². The minimum atomic E-state index is -0.604. The van der Waals surface area contributed by atoms with Crippen molar-refractivity contribution in [2.45, 2.75) is 13.0 Å². The maximum absolute atomic E-state index is 12.1. The molecule has 1 atom stereocenters. The van der Waals surface area contributed by atoms with Crippen LogP contribution in [0.25, 0.3) is 0 Å². The molecular formula is C14H17N3O2. The van der Waals surface area contributed by atoms with Gasteiger partial charge in [-0.1, -0.05) is 24.0 Å². The van der Waals surface area contributed by atoms with Crippen molar-refractivity contribution in [2.24, 2.45) is 5.73 Å².